The number of piperidine rings is 1. The molecule has 29 heavy (non-hydrogen) atoms. The maximum atomic E-state index is 13.0. The highest BCUT2D eigenvalue weighted by atomic mass is 16.2. The highest BCUT2D eigenvalue weighted by molar-refractivity contribution is 5.81. The summed E-state index contributed by atoms with van der Waals surface area (Å²) < 4.78 is 0. The molecule has 156 valence electrons. The number of nitrogens with one attached hydrogen (secondary N) is 3. The number of urea groups is 2. The van der Waals surface area contributed by atoms with Gasteiger partial charge in [0.25, 0.3) is 0 Å². The number of benzene rings is 1. The van der Waals surface area contributed by atoms with Crippen LogP contribution in [0.2, 0.25) is 0 Å². The molecule has 2 fully saturated rings. The predicted molar refractivity (Wildman–Crippen MR) is 114 cm³/mol. The van der Waals surface area contributed by atoms with Gasteiger partial charge in [-0.2, -0.15) is 0 Å². The van der Waals surface area contributed by atoms with E-state index in [4.69, 9.17) is 0 Å². The summed E-state index contributed by atoms with van der Waals surface area (Å²) >= 11 is 0. The Hall–Kier alpha value is -2.70. The fourth-order valence-electron chi connectivity index (χ4n) is 4.33. The van der Waals surface area contributed by atoms with E-state index < -0.39 is 0 Å². The van der Waals surface area contributed by atoms with Gasteiger partial charge in [-0.25, -0.2) is 9.59 Å². The van der Waals surface area contributed by atoms with Crippen molar-refractivity contribution in [3.05, 3.63) is 35.5 Å². The van der Waals surface area contributed by atoms with E-state index in [-0.39, 0.29) is 18.1 Å². The van der Waals surface area contributed by atoms with Gasteiger partial charge in [-0.1, -0.05) is 13.0 Å². The largest absolute Gasteiger partial charge is 0.357 e. The lowest BCUT2D eigenvalue weighted by atomic mass is 10.0. The molecule has 4 rings (SSSR count). The van der Waals surface area contributed by atoms with Crippen molar-refractivity contribution in [2.24, 2.45) is 0 Å². The molecule has 1 aromatic heterocycles. The van der Waals surface area contributed by atoms with Crippen molar-refractivity contribution in [3.8, 4) is 0 Å². The van der Waals surface area contributed by atoms with E-state index >= 15 is 0 Å². The van der Waals surface area contributed by atoms with Gasteiger partial charge in [0.15, 0.2) is 0 Å². The molecular weight excluding hydrogens is 366 g/mol. The van der Waals surface area contributed by atoms with Crippen LogP contribution in [0.25, 0.3) is 10.9 Å². The number of hydrogen-bond donors (Lipinski definition) is 3. The normalized spacial score (nSPS) is 19.2. The van der Waals surface area contributed by atoms with Crippen LogP contribution in [-0.2, 0) is 13.0 Å². The maximum Gasteiger partial charge on any atom is 0.318 e. The minimum Gasteiger partial charge on any atom is -0.357 e. The summed E-state index contributed by atoms with van der Waals surface area (Å²) in [6.45, 7) is 3.99. The van der Waals surface area contributed by atoms with E-state index in [1.807, 2.05) is 9.80 Å². The average molecular weight is 398 g/mol. The third-order valence-corrected chi connectivity index (χ3v) is 6.05. The van der Waals surface area contributed by atoms with Crippen molar-refractivity contribution in [2.45, 2.75) is 57.7 Å². The smallest absolute Gasteiger partial charge is 0.318 e. The summed E-state index contributed by atoms with van der Waals surface area (Å²) in [6, 6.07) is 8.86. The van der Waals surface area contributed by atoms with E-state index in [1.54, 1.807) is 7.05 Å². The number of carbonyl (C=O) groups is 2. The lowest BCUT2D eigenvalue weighted by Gasteiger charge is -2.39. The minimum atomic E-state index is -0.0598. The Balaban J connectivity index is 1.41. The lowest BCUT2D eigenvalue weighted by molar-refractivity contribution is 0.116. The summed E-state index contributed by atoms with van der Waals surface area (Å²) in [7, 11) is 1.65. The summed E-state index contributed by atoms with van der Waals surface area (Å²) in [5.41, 5.74) is 3.41. The highest BCUT2D eigenvalue weighted by Gasteiger charge is 2.39. The summed E-state index contributed by atoms with van der Waals surface area (Å²) in [4.78, 5) is 32.3. The number of amides is 4. The number of aryl methyl sites for hydroxylation is 1. The van der Waals surface area contributed by atoms with Crippen molar-refractivity contribution in [2.75, 3.05) is 20.1 Å². The van der Waals surface area contributed by atoms with Crippen LogP contribution in [0.1, 0.15) is 43.9 Å². The molecule has 0 bridgehead atoms. The van der Waals surface area contributed by atoms with Gasteiger partial charge >= 0.3 is 12.1 Å². The van der Waals surface area contributed by atoms with E-state index in [1.165, 1.54) is 10.9 Å². The Morgan fingerprint density at radius 2 is 2.03 bits per heavy atom. The van der Waals surface area contributed by atoms with Gasteiger partial charge in [0.05, 0.1) is 12.6 Å². The van der Waals surface area contributed by atoms with Crippen LogP contribution in [0.5, 0.6) is 0 Å². The zero-order valence-electron chi connectivity index (χ0n) is 17.3. The molecule has 0 radical (unpaired) electrons. The Kier molecular flexibility index (Phi) is 5.65. The summed E-state index contributed by atoms with van der Waals surface area (Å²) in [5, 5.41) is 6.98. The molecule has 2 heterocycles. The third-order valence-electron chi connectivity index (χ3n) is 6.05. The van der Waals surface area contributed by atoms with Crippen molar-refractivity contribution < 1.29 is 9.59 Å². The fourth-order valence-corrected chi connectivity index (χ4v) is 4.33. The minimum absolute atomic E-state index is 0.0239. The van der Waals surface area contributed by atoms with Crippen LogP contribution in [0.4, 0.5) is 9.59 Å². The fraction of sp³-hybridized carbons (Fsp3) is 0.545. The van der Waals surface area contributed by atoms with Crippen molar-refractivity contribution in [1.82, 2.24) is 25.4 Å². The van der Waals surface area contributed by atoms with Crippen LogP contribution in [-0.4, -0.2) is 59.1 Å². The predicted octanol–water partition coefficient (Wildman–Crippen LogP) is 3.21. The van der Waals surface area contributed by atoms with Crippen molar-refractivity contribution in [3.63, 3.8) is 0 Å². The number of hydrogen-bond acceptors (Lipinski definition) is 2. The van der Waals surface area contributed by atoms with Gasteiger partial charge in [0.2, 0.25) is 0 Å². The molecule has 2 aromatic rings. The van der Waals surface area contributed by atoms with E-state index in [2.05, 4.69) is 46.8 Å². The summed E-state index contributed by atoms with van der Waals surface area (Å²) in [6.07, 6.45) is 4.99. The molecule has 0 spiro atoms. The van der Waals surface area contributed by atoms with E-state index in [0.29, 0.717) is 19.1 Å². The molecule has 7 nitrogen and oxygen atoms in total. The van der Waals surface area contributed by atoms with Crippen LogP contribution < -0.4 is 10.6 Å². The Morgan fingerprint density at radius 3 is 2.76 bits per heavy atom. The molecule has 4 amide bonds. The van der Waals surface area contributed by atoms with Gasteiger partial charge in [0, 0.05) is 37.4 Å². The van der Waals surface area contributed by atoms with Crippen molar-refractivity contribution >= 4 is 23.0 Å². The van der Waals surface area contributed by atoms with Crippen LogP contribution in [0.15, 0.2) is 24.3 Å². The van der Waals surface area contributed by atoms with E-state index in [0.717, 1.165) is 49.9 Å². The molecule has 1 aromatic carbocycles. The molecule has 1 saturated heterocycles. The molecular formula is C22H31N5O2. The molecule has 1 atom stereocenters. The number of fused-ring (bicyclic) bond motifs is 1. The molecule has 1 aliphatic carbocycles. The zero-order valence-corrected chi connectivity index (χ0v) is 17.3. The summed E-state index contributed by atoms with van der Waals surface area (Å²) in [5.74, 6) is 0. The molecule has 1 aliphatic heterocycles. The SMILES string of the molecule is CCc1ccc2[nH]c(CNC(=O)N(C3CC3)C3CCCN(C(=O)NC)C3)cc2c1. The molecule has 1 unspecified atom stereocenters. The second-order valence-corrected chi connectivity index (χ2v) is 8.16. The van der Waals surface area contributed by atoms with Gasteiger partial charge < -0.3 is 25.4 Å². The first kappa shape index (κ1) is 19.6. The Bertz CT molecular complexity index is 888. The topological polar surface area (TPSA) is 80.5 Å². The van der Waals surface area contributed by atoms with Gasteiger partial charge in [-0.3, -0.25) is 0 Å². The molecule has 2 aliphatic rings. The van der Waals surface area contributed by atoms with Gasteiger partial charge in [0.1, 0.15) is 0 Å². The number of aromatic amines is 1. The highest BCUT2D eigenvalue weighted by Crippen LogP contribution is 2.31. The van der Waals surface area contributed by atoms with Gasteiger partial charge in [-0.05, 0) is 61.3 Å². The second-order valence-electron chi connectivity index (χ2n) is 8.16. The second kappa shape index (κ2) is 8.35. The molecule has 7 heteroatoms. The lowest BCUT2D eigenvalue weighted by Crippen LogP contribution is -2.56. The monoisotopic (exact) mass is 397 g/mol. The zero-order chi connectivity index (χ0) is 20.4. The Morgan fingerprint density at radius 1 is 1.21 bits per heavy atom. The number of H-pyrrole nitrogens is 1. The Labute approximate surface area is 171 Å². The number of nitrogens with zero attached hydrogens (tertiary/aromatic N) is 2. The first-order valence-corrected chi connectivity index (χ1v) is 10.7. The van der Waals surface area contributed by atoms with Crippen LogP contribution in [0, 0.1) is 0 Å². The average Bonchev–Trinajstić information content (AvgIpc) is 3.49. The first-order chi connectivity index (χ1) is 14.1. The maximum absolute atomic E-state index is 13.0. The first-order valence-electron chi connectivity index (χ1n) is 10.7. The number of carbonyl (C=O) groups excluding carboxylic acids is 2. The van der Waals surface area contributed by atoms with Crippen molar-refractivity contribution in [1.29, 1.82) is 0 Å². The quantitative estimate of drug-likeness (QED) is 0.724. The third kappa shape index (κ3) is 4.33. The van der Waals surface area contributed by atoms with Gasteiger partial charge in [-0.15, -0.1) is 0 Å². The van der Waals surface area contributed by atoms with E-state index in [9.17, 15) is 9.59 Å². The van der Waals surface area contributed by atoms with Crippen LogP contribution >= 0.6 is 0 Å². The number of likely N-dealkylation sites (tertiary alicyclic amines) is 1. The molecule has 1 saturated carbocycles. The number of rotatable bonds is 5. The van der Waals surface area contributed by atoms with Crippen LogP contribution in [0.3, 0.4) is 0 Å². The number of aromatic nitrogens is 1. The molecule has 3 N–H and O–H groups in total. The standard InChI is InChI=1S/C22H31N5O2/c1-3-15-6-9-20-16(11-15)12-17(25-20)13-24-22(29)27(18-7-8-18)19-5-4-10-26(14-19)21(28)23-2/h6,9,11-12,18-19,25H,3-5,7-8,10,13-14H2,1-2H3,(H,23,28)(H,24,29).